The molecule has 476 valence electrons. The highest BCUT2D eigenvalue weighted by Crippen LogP contribution is 2.76. The van der Waals surface area contributed by atoms with Crippen LogP contribution in [0.2, 0.25) is 0 Å². The monoisotopic (exact) mass is 1190 g/mol. The van der Waals surface area contributed by atoms with Crippen molar-refractivity contribution in [2.24, 2.45) is 50.2 Å². The molecule has 5 saturated heterocycles. The lowest BCUT2D eigenvalue weighted by molar-refractivity contribution is -0.386. The summed E-state index contributed by atoms with van der Waals surface area (Å²) in [5.41, 5.74) is -0.0882. The first-order valence-corrected chi connectivity index (χ1v) is 30.0. The number of allylic oxidation sites excluding steroid dienone is 2. The van der Waals surface area contributed by atoms with Crippen molar-refractivity contribution >= 4 is 5.97 Å². The molecule has 5 aliphatic carbocycles. The van der Waals surface area contributed by atoms with Crippen LogP contribution >= 0.6 is 0 Å². The van der Waals surface area contributed by atoms with Gasteiger partial charge in [-0.2, -0.15) is 0 Å². The van der Waals surface area contributed by atoms with Gasteiger partial charge >= 0.3 is 5.97 Å². The van der Waals surface area contributed by atoms with Crippen molar-refractivity contribution in [1.82, 2.24) is 0 Å². The van der Waals surface area contributed by atoms with Crippen molar-refractivity contribution < 1.29 is 124 Å². The summed E-state index contributed by atoms with van der Waals surface area (Å²) in [6, 6.07) is 0. The Morgan fingerprint density at radius 2 is 1.16 bits per heavy atom. The van der Waals surface area contributed by atoms with Crippen LogP contribution in [0.5, 0.6) is 0 Å². The fourth-order valence-electron chi connectivity index (χ4n) is 17.5. The summed E-state index contributed by atoms with van der Waals surface area (Å²) in [4.78, 5) is 13.2. The number of carboxylic acid groups (broad SMARTS) is 1. The van der Waals surface area contributed by atoms with Gasteiger partial charge in [0, 0.05) is 0 Å². The molecule has 0 unspecified atom stereocenters. The van der Waals surface area contributed by atoms with Crippen LogP contribution in [-0.2, 0) is 52.2 Å². The Morgan fingerprint density at radius 1 is 0.554 bits per heavy atom. The summed E-state index contributed by atoms with van der Waals surface area (Å²) in [5, 5.41) is 152. The van der Waals surface area contributed by atoms with E-state index >= 15 is 0 Å². The highest BCUT2D eigenvalue weighted by molar-refractivity contribution is 5.76. The van der Waals surface area contributed by atoms with Crippen molar-refractivity contribution in [3.05, 3.63) is 11.6 Å². The molecule has 0 aromatic carbocycles. The first kappa shape index (κ1) is 64.3. The van der Waals surface area contributed by atoms with E-state index in [0.29, 0.717) is 25.2 Å². The maximum absolute atomic E-state index is 13.2. The summed E-state index contributed by atoms with van der Waals surface area (Å²) < 4.78 is 59.4. The van der Waals surface area contributed by atoms with Crippen molar-refractivity contribution in [3.63, 3.8) is 0 Å². The number of hydrogen-bond donors (Lipinski definition) is 14. The Bertz CT molecular complexity index is 2310. The molecule has 14 N–H and O–H groups in total. The first-order chi connectivity index (χ1) is 38.9. The number of aliphatic hydroxyl groups excluding tert-OH is 13. The highest BCUT2D eigenvalue weighted by Gasteiger charge is 2.70. The zero-order chi connectivity index (χ0) is 60.4. The van der Waals surface area contributed by atoms with Crippen molar-refractivity contribution in [2.75, 3.05) is 26.4 Å². The molecule has 31 atom stereocenters. The second-order valence-corrected chi connectivity index (χ2v) is 28.2. The van der Waals surface area contributed by atoms with E-state index in [-0.39, 0.29) is 40.1 Å². The lowest BCUT2D eigenvalue weighted by Gasteiger charge is -2.71. The van der Waals surface area contributed by atoms with Gasteiger partial charge in [0.05, 0.1) is 44.1 Å². The minimum atomic E-state index is -1.98. The third-order valence-electron chi connectivity index (χ3n) is 22.8. The highest BCUT2D eigenvalue weighted by atomic mass is 16.8. The van der Waals surface area contributed by atoms with Crippen LogP contribution in [0, 0.1) is 50.2 Å². The second kappa shape index (κ2) is 23.6. The molecule has 5 aliphatic heterocycles. The molecule has 0 aromatic rings. The molecule has 0 aromatic heterocycles. The van der Waals surface area contributed by atoms with Gasteiger partial charge in [0.25, 0.3) is 0 Å². The maximum atomic E-state index is 13.2. The van der Waals surface area contributed by atoms with Crippen molar-refractivity contribution in [1.29, 1.82) is 0 Å². The summed E-state index contributed by atoms with van der Waals surface area (Å²) in [6.45, 7) is 15.3. The Morgan fingerprint density at radius 3 is 1.84 bits per heavy atom. The van der Waals surface area contributed by atoms with E-state index in [4.69, 9.17) is 47.4 Å². The maximum Gasteiger partial charge on any atom is 0.310 e. The summed E-state index contributed by atoms with van der Waals surface area (Å²) in [5.74, 6) is -0.136. The van der Waals surface area contributed by atoms with Crippen molar-refractivity contribution in [3.8, 4) is 0 Å². The lowest BCUT2D eigenvalue weighted by atomic mass is 9.33. The number of carbonyl (C=O) groups is 1. The van der Waals surface area contributed by atoms with E-state index in [2.05, 4.69) is 54.5 Å². The van der Waals surface area contributed by atoms with Crippen LogP contribution in [0.1, 0.15) is 120 Å². The van der Waals surface area contributed by atoms with Gasteiger partial charge in [-0.3, -0.25) is 4.79 Å². The predicted octanol–water partition coefficient (Wildman–Crippen LogP) is -1.34. The number of carboxylic acids is 1. The van der Waals surface area contributed by atoms with Crippen LogP contribution in [0.25, 0.3) is 0 Å². The van der Waals surface area contributed by atoms with E-state index in [1.54, 1.807) is 0 Å². The largest absolute Gasteiger partial charge is 0.481 e. The zero-order valence-electron chi connectivity index (χ0n) is 48.8. The molecular weight excluding hydrogens is 1100 g/mol. The molecule has 5 heterocycles. The Balaban J connectivity index is 0.779. The Kier molecular flexibility index (Phi) is 18.3. The smallest absolute Gasteiger partial charge is 0.310 e. The lowest BCUT2D eigenvalue weighted by Crippen LogP contribution is -2.66. The number of rotatable bonds is 13. The van der Waals surface area contributed by atoms with Gasteiger partial charge in [-0.05, 0) is 116 Å². The van der Waals surface area contributed by atoms with Crippen LogP contribution in [-0.4, -0.2) is 251 Å². The van der Waals surface area contributed by atoms with Gasteiger partial charge in [0.2, 0.25) is 0 Å². The minimum Gasteiger partial charge on any atom is -0.481 e. The quantitative estimate of drug-likeness (QED) is 0.0750. The van der Waals surface area contributed by atoms with Gasteiger partial charge in [-0.25, -0.2) is 0 Å². The van der Waals surface area contributed by atoms with Gasteiger partial charge < -0.3 is 119 Å². The molecule has 0 bridgehead atoms. The summed E-state index contributed by atoms with van der Waals surface area (Å²) in [6.07, 6.45) is -27.9. The standard InChI is InChI=1S/C58H94O25/c1-24-34(62)45(82-47-40(68)37(65)30(23-75-47)79-48-42(70)39(67)44(29(21-60)78-48)81-49-41(69)38(66)36(64)28(20-59)77-49)43(71)50(76-24)83-46-35(63)27(61)22-74-51(46)80-33-12-13-55(6)31(54(33,4)5)11-14-57(8)32(55)10-9-25-26-19-53(2,3)15-17-58(26,52(72)73)18-16-56(25,57)7/h9,24,26-51,59-71H,10-23H2,1-8H3,(H,72,73)/t24-,26+,27-,28+,29+,30+,31-,32+,33-,34-,35-,36+,37+,38-,39+,40+,41+,42+,43+,44+,45+,46+,47-,48-,49-,50-,51-,55-,56+,57+,58-/m0/s1. The SMILES string of the molecule is C[C@@H]1O[C@@H](O[C@H]2[C@H](O[C@H]3CC[C@]4(C)[C@H]5CC=C6[C@H]7CC(C)(C)CC[C@]7(C(=O)O)CC[C@@]6(C)[C@]5(C)CC[C@H]4C3(C)C)OC[C@H](O)[C@@H]2O)[C@H](O)[C@H](O[C@@H]2OC[C@@H](O[C@@H]3O[C@H](CO)[C@@H](O[C@@H]4O[C@H](CO)[C@@H](O)[C@H](O)[C@H]4O)[C@H](O)[C@H]3O)[C@@H](O)[C@H]2O)[C@H]1O. The molecule has 25 nitrogen and oxygen atoms in total. The van der Waals surface area contributed by atoms with E-state index in [9.17, 15) is 76.3 Å². The molecule has 0 amide bonds. The molecule has 0 radical (unpaired) electrons. The molecule has 0 spiro atoms. The molecule has 83 heavy (non-hydrogen) atoms. The molecule has 10 aliphatic rings. The van der Waals surface area contributed by atoms with E-state index < -0.39 is 184 Å². The average molecular weight is 1190 g/mol. The van der Waals surface area contributed by atoms with Crippen LogP contribution < -0.4 is 0 Å². The summed E-state index contributed by atoms with van der Waals surface area (Å²) >= 11 is 0. The third-order valence-corrected chi connectivity index (χ3v) is 22.8. The fraction of sp³-hybridized carbons (Fsp3) is 0.948. The summed E-state index contributed by atoms with van der Waals surface area (Å²) in [7, 11) is 0. The fourth-order valence-corrected chi connectivity index (χ4v) is 17.5. The molecule has 10 rings (SSSR count). The average Bonchev–Trinajstić information content (AvgIpc) is 0.779. The first-order valence-electron chi connectivity index (χ1n) is 30.0. The zero-order valence-corrected chi connectivity index (χ0v) is 48.8. The van der Waals surface area contributed by atoms with E-state index in [1.807, 2.05) is 0 Å². The van der Waals surface area contributed by atoms with Crippen molar-refractivity contribution in [2.45, 2.75) is 267 Å². The Labute approximate surface area is 483 Å². The normalized spacial score (nSPS) is 54.3. The molecular formula is C58H94O25. The second-order valence-electron chi connectivity index (χ2n) is 28.2. The molecule has 25 heteroatoms. The third kappa shape index (κ3) is 10.8. The van der Waals surface area contributed by atoms with Gasteiger partial charge in [0.1, 0.15) is 104 Å². The predicted molar refractivity (Wildman–Crippen MR) is 282 cm³/mol. The van der Waals surface area contributed by atoms with Crippen LogP contribution in [0.3, 0.4) is 0 Å². The minimum absolute atomic E-state index is 0.00231. The number of ether oxygens (including phenoxy) is 10. The van der Waals surface area contributed by atoms with Gasteiger partial charge in [0.15, 0.2) is 31.5 Å². The van der Waals surface area contributed by atoms with Crippen LogP contribution in [0.15, 0.2) is 11.6 Å². The number of aliphatic hydroxyl groups is 13. The molecule has 4 saturated carbocycles. The van der Waals surface area contributed by atoms with Crippen LogP contribution in [0.4, 0.5) is 0 Å². The number of aliphatic carboxylic acids is 1. The Hall–Kier alpha value is -1.71. The van der Waals surface area contributed by atoms with E-state index in [0.717, 1.165) is 44.9 Å². The number of fused-ring (bicyclic) bond motifs is 7. The molecule has 9 fully saturated rings. The van der Waals surface area contributed by atoms with E-state index in [1.165, 1.54) is 12.5 Å². The van der Waals surface area contributed by atoms with Gasteiger partial charge in [-0.1, -0.05) is 60.1 Å². The topological polar surface area (TPSA) is 393 Å². The van der Waals surface area contributed by atoms with Gasteiger partial charge in [-0.15, -0.1) is 0 Å². The number of hydrogen-bond acceptors (Lipinski definition) is 24.